The Kier molecular flexibility index (Phi) is 5.53. The second-order valence-corrected chi connectivity index (χ2v) is 5.77. The number of alkyl halides is 1. The number of nitrogens with zero attached hydrogens (tertiary/aromatic N) is 1. The molecule has 0 aliphatic heterocycles. The first-order valence-electron chi connectivity index (χ1n) is 7.36. The van der Waals surface area contributed by atoms with Gasteiger partial charge in [-0.3, -0.25) is 0 Å². The number of halogens is 1. The molecule has 19 heavy (non-hydrogen) atoms. The van der Waals surface area contributed by atoms with Crippen LogP contribution >= 0.6 is 11.6 Å². The Hall–Kier alpha value is -0.730. The number of aromatic hydroxyl groups is 1. The van der Waals surface area contributed by atoms with E-state index in [-0.39, 0.29) is 0 Å². The molecule has 106 valence electrons. The third kappa shape index (κ3) is 3.64. The summed E-state index contributed by atoms with van der Waals surface area (Å²) in [5.74, 6) is 1.21. The van der Waals surface area contributed by atoms with Crippen molar-refractivity contribution in [1.82, 2.24) is 4.90 Å². The highest BCUT2D eigenvalue weighted by Crippen LogP contribution is 2.30. The molecule has 0 saturated carbocycles. The summed E-state index contributed by atoms with van der Waals surface area (Å²) in [4.78, 5) is 2.58. The molecule has 0 spiro atoms. The molecule has 1 aliphatic rings. The molecule has 0 heterocycles. The van der Waals surface area contributed by atoms with Crippen molar-refractivity contribution >= 4 is 11.6 Å². The van der Waals surface area contributed by atoms with Crippen LogP contribution in [0.3, 0.4) is 0 Å². The van der Waals surface area contributed by atoms with E-state index in [0.717, 1.165) is 50.2 Å². The van der Waals surface area contributed by atoms with Gasteiger partial charge < -0.3 is 10.0 Å². The molecule has 2 nitrogen and oxygen atoms in total. The molecular weight excluding hydrogens is 258 g/mol. The Bertz CT molecular complexity index is 408. The molecule has 1 aromatic carbocycles. The van der Waals surface area contributed by atoms with Crippen molar-refractivity contribution in [2.75, 3.05) is 19.0 Å². The van der Waals surface area contributed by atoms with E-state index in [9.17, 15) is 5.11 Å². The summed E-state index contributed by atoms with van der Waals surface area (Å²) in [6.07, 6.45) is 5.45. The van der Waals surface area contributed by atoms with E-state index in [1.165, 1.54) is 12.0 Å². The van der Waals surface area contributed by atoms with Gasteiger partial charge in [0.25, 0.3) is 0 Å². The van der Waals surface area contributed by atoms with Crippen LogP contribution in [0.4, 0.5) is 0 Å². The molecular formula is C16H24ClNO. The average Bonchev–Trinajstić information content (AvgIpc) is 2.43. The van der Waals surface area contributed by atoms with Gasteiger partial charge in [-0.15, -0.1) is 11.6 Å². The third-order valence-corrected chi connectivity index (χ3v) is 4.30. The maximum absolute atomic E-state index is 9.89. The zero-order chi connectivity index (χ0) is 13.7. The van der Waals surface area contributed by atoms with Gasteiger partial charge in [0.05, 0.1) is 0 Å². The monoisotopic (exact) mass is 281 g/mol. The van der Waals surface area contributed by atoms with Gasteiger partial charge in [-0.2, -0.15) is 0 Å². The molecule has 1 N–H and O–H groups in total. The van der Waals surface area contributed by atoms with Crippen molar-refractivity contribution in [1.29, 1.82) is 0 Å². The lowest BCUT2D eigenvalue weighted by Crippen LogP contribution is -2.40. The summed E-state index contributed by atoms with van der Waals surface area (Å²) in [7, 11) is 0. The van der Waals surface area contributed by atoms with Crippen LogP contribution in [0.5, 0.6) is 5.75 Å². The zero-order valence-corrected chi connectivity index (χ0v) is 12.5. The van der Waals surface area contributed by atoms with Crippen molar-refractivity contribution in [3.05, 3.63) is 29.3 Å². The van der Waals surface area contributed by atoms with Crippen LogP contribution in [-0.4, -0.2) is 35.0 Å². The lowest BCUT2D eigenvalue weighted by atomic mass is 9.86. The van der Waals surface area contributed by atoms with Crippen LogP contribution in [0.2, 0.25) is 0 Å². The lowest BCUT2D eigenvalue weighted by molar-refractivity contribution is 0.180. The molecule has 1 aliphatic carbocycles. The van der Waals surface area contributed by atoms with Crippen molar-refractivity contribution in [2.45, 2.75) is 45.1 Å². The predicted molar refractivity (Wildman–Crippen MR) is 81.1 cm³/mol. The Labute approximate surface area is 121 Å². The molecule has 0 unspecified atom stereocenters. The molecule has 0 fully saturated rings. The molecule has 2 rings (SSSR count). The molecule has 1 aromatic rings. The Balaban J connectivity index is 2.06. The van der Waals surface area contributed by atoms with Gasteiger partial charge in [-0.25, -0.2) is 0 Å². The standard InChI is InChI=1S/C16H24ClNO/c1-2-10-18(11-4-9-17)14-7-8-15-13(12-14)5-3-6-16(15)19/h3,5-6,14,19H,2,4,7-12H2,1H3/t14-/m0/s1. The Morgan fingerprint density at radius 1 is 1.37 bits per heavy atom. The van der Waals surface area contributed by atoms with Crippen molar-refractivity contribution in [2.24, 2.45) is 0 Å². The first-order valence-corrected chi connectivity index (χ1v) is 7.89. The normalized spacial score (nSPS) is 18.6. The van der Waals surface area contributed by atoms with Gasteiger partial charge in [0.15, 0.2) is 0 Å². The third-order valence-electron chi connectivity index (χ3n) is 4.04. The number of hydrogen-bond donors (Lipinski definition) is 1. The fourth-order valence-electron chi connectivity index (χ4n) is 3.11. The SMILES string of the molecule is CCCN(CCCCl)[C@H]1CCc2c(O)cccc2C1. The largest absolute Gasteiger partial charge is 0.508 e. The van der Waals surface area contributed by atoms with E-state index in [0.29, 0.717) is 11.8 Å². The van der Waals surface area contributed by atoms with Gasteiger partial charge in [0.1, 0.15) is 5.75 Å². The highest BCUT2D eigenvalue weighted by Gasteiger charge is 2.24. The van der Waals surface area contributed by atoms with E-state index >= 15 is 0 Å². The number of phenols is 1. The van der Waals surface area contributed by atoms with E-state index in [2.05, 4.69) is 17.9 Å². The lowest BCUT2D eigenvalue weighted by Gasteiger charge is -2.35. The molecule has 0 saturated heterocycles. The minimum absolute atomic E-state index is 0.471. The molecule has 0 amide bonds. The first kappa shape index (κ1) is 14.7. The quantitative estimate of drug-likeness (QED) is 0.806. The van der Waals surface area contributed by atoms with Crippen LogP contribution in [0, 0.1) is 0 Å². The van der Waals surface area contributed by atoms with E-state index in [1.54, 1.807) is 6.07 Å². The summed E-state index contributed by atoms with van der Waals surface area (Å²) in [6, 6.07) is 6.53. The van der Waals surface area contributed by atoms with Crippen LogP contribution in [0.25, 0.3) is 0 Å². The molecule has 0 bridgehead atoms. The van der Waals surface area contributed by atoms with Crippen LogP contribution in [0.15, 0.2) is 18.2 Å². The number of phenolic OH excluding ortho intramolecular Hbond substituents is 1. The van der Waals surface area contributed by atoms with Gasteiger partial charge >= 0.3 is 0 Å². The van der Waals surface area contributed by atoms with Crippen LogP contribution in [0.1, 0.15) is 37.3 Å². The number of benzene rings is 1. The minimum Gasteiger partial charge on any atom is -0.508 e. The van der Waals surface area contributed by atoms with E-state index in [4.69, 9.17) is 11.6 Å². The van der Waals surface area contributed by atoms with Gasteiger partial charge in [0, 0.05) is 11.9 Å². The summed E-state index contributed by atoms with van der Waals surface area (Å²) in [6.45, 7) is 4.47. The predicted octanol–water partition coefficient (Wildman–Crippen LogP) is 3.59. The molecule has 0 aromatic heterocycles. The fourth-order valence-corrected chi connectivity index (χ4v) is 3.23. The zero-order valence-electron chi connectivity index (χ0n) is 11.7. The van der Waals surface area contributed by atoms with Gasteiger partial charge in [-0.05, 0) is 62.4 Å². The average molecular weight is 282 g/mol. The highest BCUT2D eigenvalue weighted by atomic mass is 35.5. The van der Waals surface area contributed by atoms with Gasteiger partial charge in [0.2, 0.25) is 0 Å². The summed E-state index contributed by atoms with van der Waals surface area (Å²) < 4.78 is 0. The number of fused-ring (bicyclic) bond motifs is 1. The minimum atomic E-state index is 0.471. The maximum atomic E-state index is 9.89. The second kappa shape index (κ2) is 7.16. The second-order valence-electron chi connectivity index (χ2n) is 5.39. The number of hydrogen-bond acceptors (Lipinski definition) is 2. The molecule has 0 radical (unpaired) electrons. The summed E-state index contributed by atoms with van der Waals surface area (Å²) in [5, 5.41) is 9.89. The smallest absolute Gasteiger partial charge is 0.119 e. The van der Waals surface area contributed by atoms with Crippen molar-refractivity contribution in [3.63, 3.8) is 0 Å². The van der Waals surface area contributed by atoms with E-state index in [1.807, 2.05) is 6.07 Å². The summed E-state index contributed by atoms with van der Waals surface area (Å²) in [5.41, 5.74) is 2.48. The van der Waals surface area contributed by atoms with Crippen LogP contribution in [-0.2, 0) is 12.8 Å². The maximum Gasteiger partial charge on any atom is 0.119 e. The van der Waals surface area contributed by atoms with Crippen molar-refractivity contribution < 1.29 is 5.11 Å². The molecule has 3 heteroatoms. The Morgan fingerprint density at radius 3 is 2.95 bits per heavy atom. The topological polar surface area (TPSA) is 23.5 Å². The van der Waals surface area contributed by atoms with Crippen LogP contribution < -0.4 is 0 Å². The Morgan fingerprint density at radius 2 is 2.21 bits per heavy atom. The fraction of sp³-hybridized carbons (Fsp3) is 0.625. The number of rotatable bonds is 6. The highest BCUT2D eigenvalue weighted by molar-refractivity contribution is 6.17. The summed E-state index contributed by atoms with van der Waals surface area (Å²) >= 11 is 5.83. The van der Waals surface area contributed by atoms with E-state index < -0.39 is 0 Å². The first-order chi connectivity index (χ1) is 9.26. The van der Waals surface area contributed by atoms with Gasteiger partial charge in [-0.1, -0.05) is 19.1 Å². The molecule has 1 atom stereocenters. The van der Waals surface area contributed by atoms with Crippen molar-refractivity contribution in [3.8, 4) is 5.75 Å².